The first kappa shape index (κ1) is 9.39. The van der Waals surface area contributed by atoms with Gasteiger partial charge in [-0.2, -0.15) is 0 Å². The van der Waals surface area contributed by atoms with Crippen LogP contribution in [0, 0.1) is 0 Å². The molecule has 0 amide bonds. The molecule has 0 spiro atoms. The SMILES string of the molecule is CN=C(N)COCCOC. The minimum atomic E-state index is 0.389. The maximum absolute atomic E-state index is 5.34. The molecule has 0 aliphatic carbocycles. The second-order valence-electron chi connectivity index (χ2n) is 1.76. The molecule has 0 saturated carbocycles. The minimum absolute atomic E-state index is 0.389. The normalized spacial score (nSPS) is 12.0. The summed E-state index contributed by atoms with van der Waals surface area (Å²) in [5.74, 6) is 0.510. The van der Waals surface area contributed by atoms with Crippen LogP contribution in [-0.4, -0.2) is 39.8 Å². The third kappa shape index (κ3) is 5.53. The Labute approximate surface area is 61.0 Å². The van der Waals surface area contributed by atoms with Gasteiger partial charge in [0, 0.05) is 14.2 Å². The highest BCUT2D eigenvalue weighted by atomic mass is 16.5. The van der Waals surface area contributed by atoms with Crippen LogP contribution in [0.15, 0.2) is 4.99 Å². The predicted octanol–water partition coefficient (Wildman–Crippen LogP) is -0.364. The highest BCUT2D eigenvalue weighted by molar-refractivity contribution is 5.81. The number of hydrogen-bond donors (Lipinski definition) is 1. The first-order chi connectivity index (χ1) is 4.81. The summed E-state index contributed by atoms with van der Waals surface area (Å²) in [6.07, 6.45) is 0. The van der Waals surface area contributed by atoms with Gasteiger partial charge in [0.05, 0.1) is 13.2 Å². The quantitative estimate of drug-likeness (QED) is 0.327. The van der Waals surface area contributed by atoms with E-state index in [1.165, 1.54) is 0 Å². The predicted molar refractivity (Wildman–Crippen MR) is 40.2 cm³/mol. The molecule has 0 rings (SSSR count). The molecule has 0 heterocycles. The maximum atomic E-state index is 5.34. The molecule has 0 aromatic rings. The van der Waals surface area contributed by atoms with Gasteiger partial charge in [-0.05, 0) is 0 Å². The van der Waals surface area contributed by atoms with Crippen LogP contribution in [0.3, 0.4) is 0 Å². The van der Waals surface area contributed by atoms with Crippen molar-refractivity contribution < 1.29 is 9.47 Å². The van der Waals surface area contributed by atoms with Gasteiger partial charge in [0.25, 0.3) is 0 Å². The van der Waals surface area contributed by atoms with Gasteiger partial charge >= 0.3 is 0 Å². The van der Waals surface area contributed by atoms with E-state index in [4.69, 9.17) is 15.2 Å². The van der Waals surface area contributed by atoms with Gasteiger partial charge in [0.15, 0.2) is 0 Å². The van der Waals surface area contributed by atoms with Gasteiger partial charge in [-0.25, -0.2) is 0 Å². The van der Waals surface area contributed by atoms with Crippen molar-refractivity contribution in [2.75, 3.05) is 34.0 Å². The monoisotopic (exact) mass is 146 g/mol. The van der Waals surface area contributed by atoms with Crippen LogP contribution in [0.1, 0.15) is 0 Å². The van der Waals surface area contributed by atoms with Crippen molar-refractivity contribution in [3.05, 3.63) is 0 Å². The van der Waals surface area contributed by atoms with Crippen molar-refractivity contribution >= 4 is 5.84 Å². The Morgan fingerprint density at radius 1 is 1.50 bits per heavy atom. The van der Waals surface area contributed by atoms with E-state index < -0.39 is 0 Å². The van der Waals surface area contributed by atoms with E-state index >= 15 is 0 Å². The van der Waals surface area contributed by atoms with Crippen LogP contribution in [0.2, 0.25) is 0 Å². The Morgan fingerprint density at radius 2 is 2.20 bits per heavy atom. The summed E-state index contributed by atoms with van der Waals surface area (Å²) in [7, 11) is 3.26. The molecule has 0 aromatic heterocycles. The van der Waals surface area contributed by atoms with E-state index in [-0.39, 0.29) is 0 Å². The summed E-state index contributed by atoms with van der Waals surface area (Å²) in [4.78, 5) is 3.71. The number of amidine groups is 1. The van der Waals surface area contributed by atoms with E-state index in [0.29, 0.717) is 25.7 Å². The molecular weight excluding hydrogens is 132 g/mol. The summed E-state index contributed by atoms with van der Waals surface area (Å²) in [6, 6.07) is 0. The molecule has 0 radical (unpaired) electrons. The summed E-state index contributed by atoms with van der Waals surface area (Å²) in [6.45, 7) is 1.55. The number of nitrogens with two attached hydrogens (primary N) is 1. The zero-order valence-electron chi connectivity index (χ0n) is 6.46. The van der Waals surface area contributed by atoms with Crippen LogP contribution < -0.4 is 5.73 Å². The fraction of sp³-hybridized carbons (Fsp3) is 0.833. The Hall–Kier alpha value is -0.610. The third-order valence-corrected chi connectivity index (χ3v) is 0.969. The highest BCUT2D eigenvalue weighted by Crippen LogP contribution is 1.75. The smallest absolute Gasteiger partial charge is 0.120 e. The van der Waals surface area contributed by atoms with Gasteiger partial charge in [-0.15, -0.1) is 0 Å². The number of hydrogen-bond acceptors (Lipinski definition) is 3. The summed E-state index contributed by atoms with van der Waals surface area (Å²) >= 11 is 0. The first-order valence-electron chi connectivity index (χ1n) is 3.09. The zero-order valence-corrected chi connectivity index (χ0v) is 6.46. The molecule has 0 bridgehead atoms. The van der Waals surface area contributed by atoms with Crippen LogP contribution in [0.5, 0.6) is 0 Å². The van der Waals surface area contributed by atoms with Gasteiger partial charge in [-0.1, -0.05) is 0 Å². The third-order valence-electron chi connectivity index (χ3n) is 0.969. The van der Waals surface area contributed by atoms with Crippen molar-refractivity contribution in [1.29, 1.82) is 0 Å². The van der Waals surface area contributed by atoms with Crippen LogP contribution in [0.25, 0.3) is 0 Å². The van der Waals surface area contributed by atoms with Gasteiger partial charge in [0.1, 0.15) is 12.4 Å². The van der Waals surface area contributed by atoms with Crippen LogP contribution >= 0.6 is 0 Å². The lowest BCUT2D eigenvalue weighted by atomic mass is 10.6. The lowest BCUT2D eigenvalue weighted by Crippen LogP contribution is -2.20. The molecule has 10 heavy (non-hydrogen) atoms. The fourth-order valence-corrected chi connectivity index (χ4v) is 0.384. The molecule has 4 heteroatoms. The molecule has 0 aromatic carbocycles. The molecule has 0 aliphatic rings. The van der Waals surface area contributed by atoms with Crippen molar-refractivity contribution in [2.45, 2.75) is 0 Å². The minimum Gasteiger partial charge on any atom is -0.386 e. The molecule has 2 N–H and O–H groups in total. The lowest BCUT2D eigenvalue weighted by Gasteiger charge is -2.01. The van der Waals surface area contributed by atoms with Crippen molar-refractivity contribution in [3.8, 4) is 0 Å². The molecule has 0 saturated heterocycles. The van der Waals surface area contributed by atoms with Gasteiger partial charge in [-0.3, -0.25) is 4.99 Å². The molecule has 0 atom stereocenters. The van der Waals surface area contributed by atoms with E-state index in [1.54, 1.807) is 14.2 Å². The largest absolute Gasteiger partial charge is 0.386 e. The number of nitrogens with zero attached hydrogens (tertiary/aromatic N) is 1. The Kier molecular flexibility index (Phi) is 6.11. The summed E-state index contributed by atoms with van der Waals surface area (Å²) < 4.78 is 9.80. The second-order valence-corrected chi connectivity index (χ2v) is 1.76. The Balaban J connectivity index is 3.04. The van der Waals surface area contributed by atoms with Crippen molar-refractivity contribution in [2.24, 2.45) is 10.7 Å². The Bertz CT molecular complexity index is 104. The highest BCUT2D eigenvalue weighted by Gasteiger charge is 1.89. The molecule has 0 unspecified atom stereocenters. The van der Waals surface area contributed by atoms with Gasteiger partial charge in [0.2, 0.25) is 0 Å². The summed E-state index contributed by atoms with van der Waals surface area (Å²) in [5.41, 5.74) is 5.34. The topological polar surface area (TPSA) is 56.8 Å². The maximum Gasteiger partial charge on any atom is 0.120 e. The van der Waals surface area contributed by atoms with E-state index in [2.05, 4.69) is 4.99 Å². The molecule has 0 fully saturated rings. The number of rotatable bonds is 5. The van der Waals surface area contributed by atoms with E-state index in [9.17, 15) is 0 Å². The van der Waals surface area contributed by atoms with Crippen LogP contribution in [-0.2, 0) is 9.47 Å². The zero-order chi connectivity index (χ0) is 7.82. The Morgan fingerprint density at radius 3 is 2.70 bits per heavy atom. The average molecular weight is 146 g/mol. The number of methoxy groups -OCH3 is 1. The van der Waals surface area contributed by atoms with E-state index in [1.807, 2.05) is 0 Å². The molecule has 4 nitrogen and oxygen atoms in total. The van der Waals surface area contributed by atoms with Gasteiger partial charge < -0.3 is 15.2 Å². The number of ether oxygens (including phenoxy) is 2. The molecular formula is C6H14N2O2. The van der Waals surface area contributed by atoms with E-state index in [0.717, 1.165) is 0 Å². The average Bonchev–Trinajstić information content (AvgIpc) is 1.98. The van der Waals surface area contributed by atoms with Crippen molar-refractivity contribution in [3.63, 3.8) is 0 Å². The van der Waals surface area contributed by atoms with Crippen LogP contribution in [0.4, 0.5) is 0 Å². The standard InChI is InChI=1S/C6H14N2O2/c1-8-6(7)5-10-4-3-9-2/h3-5H2,1-2H3,(H2,7,8). The fourth-order valence-electron chi connectivity index (χ4n) is 0.384. The molecule has 60 valence electrons. The second kappa shape index (κ2) is 6.51. The first-order valence-corrected chi connectivity index (χ1v) is 3.09. The molecule has 0 aliphatic heterocycles. The lowest BCUT2D eigenvalue weighted by molar-refractivity contribution is 0.0897. The number of aliphatic imine (C=N–C) groups is 1. The summed E-state index contributed by atoms with van der Waals surface area (Å²) in [5, 5.41) is 0. The van der Waals surface area contributed by atoms with Crippen molar-refractivity contribution in [1.82, 2.24) is 0 Å².